The van der Waals surface area contributed by atoms with E-state index in [2.05, 4.69) is 32.2 Å². The minimum atomic E-state index is -0.855. The van der Waals surface area contributed by atoms with Crippen LogP contribution in [0.25, 0.3) is 0 Å². The van der Waals surface area contributed by atoms with Gasteiger partial charge in [-0.1, -0.05) is 11.3 Å². The average molecular weight is 468 g/mol. The predicted molar refractivity (Wildman–Crippen MR) is 129 cm³/mol. The van der Waals surface area contributed by atoms with Crippen molar-refractivity contribution in [2.45, 2.75) is 12.8 Å². The van der Waals surface area contributed by atoms with E-state index in [1.807, 2.05) is 12.1 Å². The molecule has 3 aromatic rings. The number of rotatable bonds is 7. The van der Waals surface area contributed by atoms with Crippen molar-refractivity contribution in [3.8, 4) is 5.75 Å². The number of aromatic nitrogens is 1. The quantitative estimate of drug-likeness (QED) is 0.451. The summed E-state index contributed by atoms with van der Waals surface area (Å²) in [5, 5.41) is 13.0. The first-order chi connectivity index (χ1) is 16.0. The molecule has 1 saturated heterocycles. The van der Waals surface area contributed by atoms with Crippen LogP contribution in [0, 0.1) is 11.7 Å². The third kappa shape index (κ3) is 4.94. The maximum atomic E-state index is 13.6. The van der Waals surface area contributed by atoms with Crippen LogP contribution in [0.5, 0.6) is 5.75 Å². The Bertz CT molecular complexity index is 1150. The summed E-state index contributed by atoms with van der Waals surface area (Å²) in [5.41, 5.74) is 8.09. The van der Waals surface area contributed by atoms with Crippen LogP contribution in [-0.2, 0) is 0 Å². The number of piperazine rings is 1. The van der Waals surface area contributed by atoms with Crippen LogP contribution in [0.1, 0.15) is 28.1 Å². The Labute approximate surface area is 195 Å². The van der Waals surface area contributed by atoms with Gasteiger partial charge in [0.1, 0.15) is 10.7 Å². The molecular formula is C24H26FN5O2S. The van der Waals surface area contributed by atoms with Gasteiger partial charge in [0.25, 0.3) is 0 Å². The number of phenolic OH excluding ortho intramolecular Hbond substituents is 1. The number of carbonyl (C=O) groups excluding carboxylic acids is 1. The SMILES string of the molecule is Nc1nc(Nc2ccc(N3CCN(CC4CC4)CC3)cc2)sc1C(=O)c1ccc(O)c(F)c1. The average Bonchev–Trinajstić information content (AvgIpc) is 3.56. The number of hydrogen-bond donors (Lipinski definition) is 3. The third-order valence-electron chi connectivity index (χ3n) is 6.14. The number of ketones is 1. The second-order valence-corrected chi connectivity index (χ2v) is 9.63. The lowest BCUT2D eigenvalue weighted by Gasteiger charge is -2.36. The lowest BCUT2D eigenvalue weighted by atomic mass is 10.1. The Morgan fingerprint density at radius 2 is 1.88 bits per heavy atom. The zero-order chi connectivity index (χ0) is 22.9. The molecule has 0 atom stereocenters. The first-order valence-electron chi connectivity index (χ1n) is 11.1. The van der Waals surface area contributed by atoms with Crippen molar-refractivity contribution in [2.75, 3.05) is 48.7 Å². The third-order valence-corrected chi connectivity index (χ3v) is 7.12. The molecule has 9 heteroatoms. The van der Waals surface area contributed by atoms with Crippen LogP contribution in [0.2, 0.25) is 0 Å². The van der Waals surface area contributed by atoms with Crippen LogP contribution in [0.4, 0.5) is 26.7 Å². The molecule has 0 unspecified atom stereocenters. The van der Waals surface area contributed by atoms with Crippen molar-refractivity contribution in [3.05, 3.63) is 58.7 Å². The number of nitrogen functional groups attached to an aromatic ring is 1. The van der Waals surface area contributed by atoms with E-state index >= 15 is 0 Å². The number of anilines is 4. The highest BCUT2D eigenvalue weighted by Gasteiger charge is 2.26. The fourth-order valence-corrected chi connectivity index (χ4v) is 4.93. The Hall–Kier alpha value is -3.17. The maximum Gasteiger partial charge on any atom is 0.206 e. The molecule has 33 heavy (non-hydrogen) atoms. The highest BCUT2D eigenvalue weighted by Crippen LogP contribution is 2.32. The number of aromatic hydroxyl groups is 1. The zero-order valence-electron chi connectivity index (χ0n) is 18.1. The molecule has 1 saturated carbocycles. The molecule has 5 rings (SSSR count). The number of hydrogen-bond acceptors (Lipinski definition) is 8. The van der Waals surface area contributed by atoms with Gasteiger partial charge in [-0.15, -0.1) is 0 Å². The van der Waals surface area contributed by atoms with E-state index in [0.717, 1.165) is 61.3 Å². The number of phenols is 1. The molecule has 1 aromatic heterocycles. The minimum absolute atomic E-state index is 0.0849. The standard InChI is InChI=1S/C24H26FN5O2S/c25-19-13-16(3-8-20(19)31)21(32)22-23(26)28-24(33-22)27-17-4-6-18(7-5-17)30-11-9-29(10-12-30)14-15-1-2-15/h3-8,13,15,31H,1-2,9-12,14,26H2,(H,27,28). The second-order valence-electron chi connectivity index (χ2n) is 8.63. The normalized spacial score (nSPS) is 16.7. The van der Waals surface area contributed by atoms with Crippen LogP contribution >= 0.6 is 11.3 Å². The summed E-state index contributed by atoms with van der Waals surface area (Å²) in [6.45, 7) is 5.53. The van der Waals surface area contributed by atoms with E-state index in [0.29, 0.717) is 5.13 Å². The van der Waals surface area contributed by atoms with E-state index in [4.69, 9.17) is 5.73 Å². The fourth-order valence-electron chi connectivity index (χ4n) is 4.06. The van der Waals surface area contributed by atoms with Gasteiger partial charge in [0.05, 0.1) is 0 Å². The Morgan fingerprint density at radius 1 is 1.15 bits per heavy atom. The molecule has 0 amide bonds. The lowest BCUT2D eigenvalue weighted by molar-refractivity contribution is 0.104. The highest BCUT2D eigenvalue weighted by molar-refractivity contribution is 7.18. The zero-order valence-corrected chi connectivity index (χ0v) is 18.9. The molecule has 0 bridgehead atoms. The molecular weight excluding hydrogens is 441 g/mol. The van der Waals surface area contributed by atoms with E-state index < -0.39 is 17.3 Å². The lowest BCUT2D eigenvalue weighted by Crippen LogP contribution is -2.47. The Morgan fingerprint density at radius 3 is 2.55 bits per heavy atom. The number of thiazole rings is 1. The summed E-state index contributed by atoms with van der Waals surface area (Å²) in [7, 11) is 0. The van der Waals surface area contributed by atoms with Gasteiger partial charge < -0.3 is 21.1 Å². The number of nitrogens with one attached hydrogen (secondary N) is 1. The molecule has 2 heterocycles. The minimum Gasteiger partial charge on any atom is -0.505 e. The number of halogens is 1. The van der Waals surface area contributed by atoms with Gasteiger partial charge >= 0.3 is 0 Å². The summed E-state index contributed by atoms with van der Waals surface area (Å²) < 4.78 is 13.6. The van der Waals surface area contributed by atoms with Gasteiger partial charge in [-0.05, 0) is 61.2 Å². The fraction of sp³-hybridized carbons (Fsp3) is 0.333. The van der Waals surface area contributed by atoms with Gasteiger partial charge in [-0.3, -0.25) is 9.69 Å². The number of benzene rings is 2. The molecule has 7 nitrogen and oxygen atoms in total. The van der Waals surface area contributed by atoms with Crippen molar-refractivity contribution in [3.63, 3.8) is 0 Å². The summed E-state index contributed by atoms with van der Waals surface area (Å²) in [6.07, 6.45) is 2.79. The maximum absolute atomic E-state index is 13.6. The molecule has 0 radical (unpaired) electrons. The Balaban J connectivity index is 1.22. The molecule has 4 N–H and O–H groups in total. The van der Waals surface area contributed by atoms with Crippen LogP contribution < -0.4 is 16.0 Å². The van der Waals surface area contributed by atoms with Crippen molar-refractivity contribution >= 4 is 39.4 Å². The molecule has 0 spiro atoms. The monoisotopic (exact) mass is 467 g/mol. The molecule has 2 fully saturated rings. The van der Waals surface area contributed by atoms with Gasteiger partial charge in [0.2, 0.25) is 5.78 Å². The summed E-state index contributed by atoms with van der Waals surface area (Å²) in [4.78, 5) is 22.2. The molecule has 1 aliphatic heterocycles. The second kappa shape index (κ2) is 8.99. The number of carbonyl (C=O) groups is 1. The van der Waals surface area contributed by atoms with E-state index in [9.17, 15) is 14.3 Å². The van der Waals surface area contributed by atoms with Gasteiger partial charge in [-0.2, -0.15) is 0 Å². The van der Waals surface area contributed by atoms with E-state index in [-0.39, 0.29) is 16.3 Å². The molecule has 2 aliphatic rings. The summed E-state index contributed by atoms with van der Waals surface area (Å²) >= 11 is 1.11. The highest BCUT2D eigenvalue weighted by atomic mass is 32.1. The summed E-state index contributed by atoms with van der Waals surface area (Å²) in [6, 6.07) is 11.6. The Kier molecular flexibility index (Phi) is 5.90. The van der Waals surface area contributed by atoms with Crippen molar-refractivity contribution in [2.24, 2.45) is 5.92 Å². The van der Waals surface area contributed by atoms with Gasteiger partial charge in [0.15, 0.2) is 16.7 Å². The van der Waals surface area contributed by atoms with Crippen molar-refractivity contribution < 1.29 is 14.3 Å². The molecule has 2 aromatic carbocycles. The summed E-state index contributed by atoms with van der Waals surface area (Å²) in [5.74, 6) is -0.781. The first kappa shape index (κ1) is 21.7. The first-order valence-corrected chi connectivity index (χ1v) is 11.9. The van der Waals surface area contributed by atoms with Gasteiger partial charge in [0, 0.05) is 49.7 Å². The van der Waals surface area contributed by atoms with E-state index in [1.54, 1.807) is 0 Å². The topological polar surface area (TPSA) is 94.7 Å². The van der Waals surface area contributed by atoms with Crippen LogP contribution in [0.3, 0.4) is 0 Å². The smallest absolute Gasteiger partial charge is 0.206 e. The number of nitrogens with zero attached hydrogens (tertiary/aromatic N) is 3. The van der Waals surface area contributed by atoms with Crippen LogP contribution in [0.15, 0.2) is 42.5 Å². The largest absolute Gasteiger partial charge is 0.505 e. The van der Waals surface area contributed by atoms with E-state index in [1.165, 1.54) is 31.1 Å². The molecule has 1 aliphatic carbocycles. The molecule has 172 valence electrons. The van der Waals surface area contributed by atoms with Crippen LogP contribution in [-0.4, -0.2) is 53.5 Å². The van der Waals surface area contributed by atoms with Crippen molar-refractivity contribution in [1.82, 2.24) is 9.88 Å². The number of nitrogens with two attached hydrogens (primary N) is 1. The predicted octanol–water partition coefficient (Wildman–Crippen LogP) is 4.08. The van der Waals surface area contributed by atoms with Gasteiger partial charge in [-0.25, -0.2) is 9.37 Å². The van der Waals surface area contributed by atoms with Crippen molar-refractivity contribution in [1.29, 1.82) is 0 Å².